The summed E-state index contributed by atoms with van der Waals surface area (Å²) in [6.07, 6.45) is 5.19. The third kappa shape index (κ3) is 2.84. The van der Waals surface area contributed by atoms with E-state index in [4.69, 9.17) is 11.6 Å². The number of amides is 1. The molecule has 2 aromatic rings. The number of hydrogen-bond acceptors (Lipinski definition) is 4. The van der Waals surface area contributed by atoms with Crippen LogP contribution in [0.2, 0.25) is 5.02 Å². The van der Waals surface area contributed by atoms with Gasteiger partial charge in [-0.1, -0.05) is 11.6 Å². The van der Waals surface area contributed by atoms with Crippen LogP contribution in [0.15, 0.2) is 30.7 Å². The third-order valence-corrected chi connectivity index (χ3v) is 4.29. The molecule has 1 saturated heterocycles. The van der Waals surface area contributed by atoms with Crippen LogP contribution in [0, 0.1) is 5.92 Å². The Hall–Kier alpha value is -1.92. The molecule has 2 aromatic heterocycles. The molecule has 1 N–H and O–H groups in total. The highest BCUT2D eigenvalue weighted by molar-refractivity contribution is 6.30. The number of halogens is 1. The molecule has 116 valence electrons. The number of aliphatic hydroxyl groups excluding tert-OH is 1. The second kappa shape index (κ2) is 6.06. The van der Waals surface area contributed by atoms with Gasteiger partial charge in [0.2, 0.25) is 0 Å². The summed E-state index contributed by atoms with van der Waals surface area (Å²) in [6.45, 7) is 1.11. The van der Waals surface area contributed by atoms with Gasteiger partial charge in [0.25, 0.3) is 5.91 Å². The van der Waals surface area contributed by atoms with Crippen molar-refractivity contribution in [1.29, 1.82) is 0 Å². The minimum absolute atomic E-state index is 0.0143. The predicted octanol–water partition coefficient (Wildman–Crippen LogP) is 1.32. The van der Waals surface area contributed by atoms with Gasteiger partial charge in [0.1, 0.15) is 5.69 Å². The number of aryl methyl sites for hydroxylation is 1. The van der Waals surface area contributed by atoms with Crippen LogP contribution in [-0.2, 0) is 7.05 Å². The number of aromatic nitrogens is 3. The number of likely N-dealkylation sites (tertiary alicyclic amines) is 1. The van der Waals surface area contributed by atoms with Gasteiger partial charge in [-0.15, -0.1) is 0 Å². The predicted molar refractivity (Wildman–Crippen MR) is 81.7 cm³/mol. The average molecular weight is 321 g/mol. The van der Waals surface area contributed by atoms with Gasteiger partial charge in [0, 0.05) is 51.0 Å². The summed E-state index contributed by atoms with van der Waals surface area (Å²) in [5, 5.41) is 14.3. The van der Waals surface area contributed by atoms with Gasteiger partial charge in [0.05, 0.1) is 11.2 Å². The van der Waals surface area contributed by atoms with Crippen LogP contribution in [0.5, 0.6) is 0 Å². The fourth-order valence-corrected chi connectivity index (χ4v) is 3.01. The Bertz CT molecular complexity index is 670. The molecule has 1 aliphatic heterocycles. The number of carbonyl (C=O) groups excluding carboxylic acids is 1. The normalized spacial score (nSPS) is 21.3. The maximum atomic E-state index is 12.5. The van der Waals surface area contributed by atoms with Crippen LogP contribution >= 0.6 is 11.6 Å². The van der Waals surface area contributed by atoms with Crippen LogP contribution in [0.1, 0.15) is 22.0 Å². The first-order valence-corrected chi connectivity index (χ1v) is 7.46. The second-order valence-electron chi connectivity index (χ2n) is 5.57. The molecule has 6 nitrogen and oxygen atoms in total. The topological polar surface area (TPSA) is 71.2 Å². The Labute approximate surface area is 133 Å². The number of pyridine rings is 1. The second-order valence-corrected chi connectivity index (χ2v) is 6.00. The molecule has 1 fully saturated rings. The van der Waals surface area contributed by atoms with Gasteiger partial charge in [-0.05, 0) is 17.7 Å². The molecule has 7 heteroatoms. The highest BCUT2D eigenvalue weighted by Gasteiger charge is 2.36. The van der Waals surface area contributed by atoms with Crippen molar-refractivity contribution in [2.24, 2.45) is 13.0 Å². The Kier molecular flexibility index (Phi) is 4.13. The third-order valence-electron chi connectivity index (χ3n) is 4.06. The van der Waals surface area contributed by atoms with Crippen LogP contribution < -0.4 is 0 Å². The number of aliphatic hydroxyl groups is 1. The van der Waals surface area contributed by atoms with E-state index in [2.05, 4.69) is 10.1 Å². The lowest BCUT2D eigenvalue weighted by atomic mass is 9.92. The zero-order valence-corrected chi connectivity index (χ0v) is 12.9. The monoisotopic (exact) mass is 320 g/mol. The van der Waals surface area contributed by atoms with Gasteiger partial charge in [-0.3, -0.25) is 9.48 Å². The van der Waals surface area contributed by atoms with Gasteiger partial charge >= 0.3 is 0 Å². The van der Waals surface area contributed by atoms with Crippen molar-refractivity contribution in [2.75, 3.05) is 19.7 Å². The van der Waals surface area contributed by atoms with Crippen LogP contribution in [0.25, 0.3) is 0 Å². The quantitative estimate of drug-likeness (QED) is 0.926. The van der Waals surface area contributed by atoms with E-state index in [1.807, 2.05) is 13.2 Å². The van der Waals surface area contributed by atoms with Crippen molar-refractivity contribution < 1.29 is 9.90 Å². The first-order chi connectivity index (χ1) is 10.6. The largest absolute Gasteiger partial charge is 0.396 e. The number of carbonyl (C=O) groups is 1. The van der Waals surface area contributed by atoms with E-state index < -0.39 is 0 Å². The molecule has 22 heavy (non-hydrogen) atoms. The lowest BCUT2D eigenvalue weighted by Gasteiger charge is -2.15. The smallest absolute Gasteiger partial charge is 0.272 e. The van der Waals surface area contributed by atoms with Gasteiger partial charge < -0.3 is 10.0 Å². The van der Waals surface area contributed by atoms with E-state index in [1.165, 1.54) is 6.20 Å². The molecule has 1 aliphatic rings. The average Bonchev–Trinajstić information content (AvgIpc) is 3.13. The summed E-state index contributed by atoms with van der Waals surface area (Å²) in [4.78, 5) is 18.3. The molecule has 0 spiro atoms. The number of nitrogens with zero attached hydrogens (tertiary/aromatic N) is 4. The van der Waals surface area contributed by atoms with Crippen molar-refractivity contribution in [3.8, 4) is 0 Å². The van der Waals surface area contributed by atoms with E-state index >= 15 is 0 Å². The highest BCUT2D eigenvalue weighted by Crippen LogP contribution is 2.32. The molecule has 2 atom stereocenters. The molecule has 3 heterocycles. The molecule has 0 aromatic carbocycles. The van der Waals surface area contributed by atoms with Gasteiger partial charge in [-0.2, -0.15) is 5.10 Å². The summed E-state index contributed by atoms with van der Waals surface area (Å²) >= 11 is 5.80. The Balaban J connectivity index is 1.79. The zero-order valence-electron chi connectivity index (χ0n) is 12.2. The molecular formula is C15H17ClN4O2. The van der Waals surface area contributed by atoms with Crippen molar-refractivity contribution in [2.45, 2.75) is 5.92 Å². The van der Waals surface area contributed by atoms with E-state index in [-0.39, 0.29) is 24.3 Å². The summed E-state index contributed by atoms with van der Waals surface area (Å²) in [7, 11) is 1.85. The fourth-order valence-electron chi connectivity index (χ4n) is 2.90. The Morgan fingerprint density at radius 2 is 2.23 bits per heavy atom. The van der Waals surface area contributed by atoms with Crippen molar-refractivity contribution in [3.05, 3.63) is 47.0 Å². The molecule has 0 saturated carbocycles. The lowest BCUT2D eigenvalue weighted by Crippen LogP contribution is -2.29. The van der Waals surface area contributed by atoms with Crippen molar-refractivity contribution in [1.82, 2.24) is 19.7 Å². The Morgan fingerprint density at radius 1 is 1.41 bits per heavy atom. The minimum atomic E-state index is -0.137. The van der Waals surface area contributed by atoms with E-state index in [1.54, 1.807) is 27.9 Å². The molecule has 1 amide bonds. The SMILES string of the molecule is Cn1cc([C@@H]2CN(C(=O)c3ccc(Cl)cn3)C[C@H]2CO)cn1. The van der Waals surface area contributed by atoms with Crippen LogP contribution in [0.4, 0.5) is 0 Å². The number of rotatable bonds is 3. The molecule has 0 radical (unpaired) electrons. The van der Waals surface area contributed by atoms with E-state index in [0.717, 1.165) is 5.56 Å². The lowest BCUT2D eigenvalue weighted by molar-refractivity contribution is 0.0775. The van der Waals surface area contributed by atoms with E-state index in [0.29, 0.717) is 23.8 Å². The maximum absolute atomic E-state index is 12.5. The molecular weight excluding hydrogens is 304 g/mol. The molecule has 0 bridgehead atoms. The molecule has 0 unspecified atom stereocenters. The van der Waals surface area contributed by atoms with Crippen molar-refractivity contribution in [3.63, 3.8) is 0 Å². The standard InChI is InChI=1S/C15H17ClN4O2/c1-19-6-10(4-18-19)13-8-20(7-11(13)9-21)15(22)14-3-2-12(16)5-17-14/h2-6,11,13,21H,7-9H2,1H3/t11-,13-/m0/s1. The van der Waals surface area contributed by atoms with E-state index in [9.17, 15) is 9.90 Å². The fraction of sp³-hybridized carbons (Fsp3) is 0.400. The molecule has 3 rings (SSSR count). The first kappa shape index (κ1) is 15.0. The maximum Gasteiger partial charge on any atom is 0.272 e. The molecule has 0 aliphatic carbocycles. The summed E-state index contributed by atoms with van der Waals surface area (Å²) < 4.78 is 1.73. The van der Waals surface area contributed by atoms with Gasteiger partial charge in [-0.25, -0.2) is 4.98 Å². The first-order valence-electron chi connectivity index (χ1n) is 7.08. The Morgan fingerprint density at radius 3 is 2.82 bits per heavy atom. The summed E-state index contributed by atoms with van der Waals surface area (Å²) in [5.74, 6) is -0.0306. The summed E-state index contributed by atoms with van der Waals surface area (Å²) in [5.41, 5.74) is 1.41. The minimum Gasteiger partial charge on any atom is -0.396 e. The highest BCUT2D eigenvalue weighted by atomic mass is 35.5. The zero-order chi connectivity index (χ0) is 15.7. The summed E-state index contributed by atoms with van der Waals surface area (Å²) in [6, 6.07) is 3.27. The van der Waals surface area contributed by atoms with Crippen molar-refractivity contribution >= 4 is 17.5 Å². The van der Waals surface area contributed by atoms with Crippen LogP contribution in [-0.4, -0.2) is 50.4 Å². The number of hydrogen-bond donors (Lipinski definition) is 1. The van der Waals surface area contributed by atoms with Gasteiger partial charge in [0.15, 0.2) is 0 Å². The van der Waals surface area contributed by atoms with Crippen LogP contribution in [0.3, 0.4) is 0 Å².